The van der Waals surface area contributed by atoms with Crippen molar-refractivity contribution in [2.24, 2.45) is 11.8 Å². The van der Waals surface area contributed by atoms with Crippen molar-refractivity contribution in [2.75, 3.05) is 14.2 Å². The van der Waals surface area contributed by atoms with E-state index in [2.05, 4.69) is 0 Å². The molecule has 0 radical (unpaired) electrons. The predicted molar refractivity (Wildman–Crippen MR) is 43.6 cm³/mol. The highest BCUT2D eigenvalue weighted by Crippen LogP contribution is 2.52. The van der Waals surface area contributed by atoms with Crippen LogP contribution in [0.1, 0.15) is 19.3 Å². The highest BCUT2D eigenvalue weighted by atomic mass is 16.7. The molecule has 2 fully saturated rings. The third-order valence-corrected chi connectivity index (χ3v) is 3.54. The normalized spacial score (nSPS) is 43.8. The molecule has 0 aromatic heterocycles. The fraction of sp³-hybridized carbons (Fsp3) is 1.00. The number of rotatable bonds is 2. The molecular formula is C9H16O3. The first-order valence-electron chi connectivity index (χ1n) is 4.53. The first-order valence-corrected chi connectivity index (χ1v) is 4.53. The molecule has 70 valence electrons. The molecule has 2 aliphatic rings. The van der Waals surface area contributed by atoms with Gasteiger partial charge in [-0.25, -0.2) is 0 Å². The number of ether oxygens (including phenoxy) is 2. The zero-order valence-electron chi connectivity index (χ0n) is 7.62. The van der Waals surface area contributed by atoms with E-state index in [1.54, 1.807) is 14.2 Å². The minimum atomic E-state index is -0.692. The van der Waals surface area contributed by atoms with Crippen molar-refractivity contribution >= 4 is 0 Å². The van der Waals surface area contributed by atoms with Gasteiger partial charge < -0.3 is 14.6 Å². The molecule has 0 heterocycles. The van der Waals surface area contributed by atoms with Crippen molar-refractivity contribution in [2.45, 2.75) is 31.2 Å². The summed E-state index contributed by atoms with van der Waals surface area (Å²) >= 11 is 0. The van der Waals surface area contributed by atoms with Gasteiger partial charge in [0.25, 0.3) is 0 Å². The maximum absolute atomic E-state index is 9.88. The minimum Gasteiger partial charge on any atom is -0.387 e. The van der Waals surface area contributed by atoms with Crippen LogP contribution in [0.5, 0.6) is 0 Å². The molecule has 2 rings (SSSR count). The lowest BCUT2D eigenvalue weighted by Gasteiger charge is -2.38. The van der Waals surface area contributed by atoms with Gasteiger partial charge in [-0.1, -0.05) is 0 Å². The zero-order chi connectivity index (χ0) is 8.77. The van der Waals surface area contributed by atoms with Crippen molar-refractivity contribution in [3.05, 3.63) is 0 Å². The van der Waals surface area contributed by atoms with Crippen molar-refractivity contribution in [3.8, 4) is 0 Å². The number of hydrogen-bond acceptors (Lipinski definition) is 3. The van der Waals surface area contributed by atoms with E-state index in [0.29, 0.717) is 11.8 Å². The number of fused-ring (bicyclic) bond motifs is 2. The Labute approximate surface area is 72.7 Å². The van der Waals surface area contributed by atoms with Crippen molar-refractivity contribution in [1.82, 2.24) is 0 Å². The fourth-order valence-electron chi connectivity index (χ4n) is 2.90. The standard InChI is InChI=1S/C9H16O3/c1-11-9(12-2)7-4-3-6(5-7)8(9)10/h6-8,10H,3-5H2,1-2H3. The van der Waals surface area contributed by atoms with E-state index >= 15 is 0 Å². The van der Waals surface area contributed by atoms with E-state index in [1.807, 2.05) is 0 Å². The highest BCUT2D eigenvalue weighted by Gasteiger charge is 2.59. The van der Waals surface area contributed by atoms with Crippen LogP contribution in [0.4, 0.5) is 0 Å². The second-order valence-corrected chi connectivity index (χ2v) is 3.84. The third kappa shape index (κ3) is 0.817. The van der Waals surface area contributed by atoms with Gasteiger partial charge in [0.15, 0.2) is 5.79 Å². The number of methoxy groups -OCH3 is 2. The Morgan fingerprint density at radius 3 is 2.25 bits per heavy atom. The summed E-state index contributed by atoms with van der Waals surface area (Å²) in [6.07, 6.45) is 2.89. The summed E-state index contributed by atoms with van der Waals surface area (Å²) in [5, 5.41) is 9.88. The third-order valence-electron chi connectivity index (χ3n) is 3.54. The van der Waals surface area contributed by atoms with Crippen LogP contribution in [0, 0.1) is 11.8 Å². The lowest BCUT2D eigenvalue weighted by atomic mass is 9.91. The summed E-state index contributed by atoms with van der Waals surface area (Å²) < 4.78 is 10.6. The van der Waals surface area contributed by atoms with Crippen LogP contribution in [0.25, 0.3) is 0 Å². The maximum Gasteiger partial charge on any atom is 0.197 e. The molecule has 0 amide bonds. The molecule has 2 aliphatic carbocycles. The molecule has 2 bridgehead atoms. The summed E-state index contributed by atoms with van der Waals surface area (Å²) in [4.78, 5) is 0. The van der Waals surface area contributed by atoms with Gasteiger partial charge in [0.1, 0.15) is 6.10 Å². The highest BCUT2D eigenvalue weighted by molar-refractivity contribution is 5.03. The minimum absolute atomic E-state index is 0.396. The van der Waals surface area contributed by atoms with Gasteiger partial charge in [0, 0.05) is 20.1 Å². The summed E-state index contributed by atoms with van der Waals surface area (Å²) in [7, 11) is 3.24. The molecule has 0 saturated heterocycles. The summed E-state index contributed by atoms with van der Waals surface area (Å²) in [6.45, 7) is 0. The number of aliphatic hydroxyl groups is 1. The smallest absolute Gasteiger partial charge is 0.197 e. The van der Waals surface area contributed by atoms with Crippen molar-refractivity contribution in [1.29, 1.82) is 0 Å². The number of aliphatic hydroxyl groups excluding tert-OH is 1. The molecule has 0 aromatic rings. The second-order valence-electron chi connectivity index (χ2n) is 3.84. The van der Waals surface area contributed by atoms with Crippen LogP contribution in [0.15, 0.2) is 0 Å². The Hall–Kier alpha value is -0.120. The van der Waals surface area contributed by atoms with Crippen LogP contribution < -0.4 is 0 Å². The van der Waals surface area contributed by atoms with E-state index in [1.165, 1.54) is 0 Å². The van der Waals surface area contributed by atoms with Crippen LogP contribution in [-0.4, -0.2) is 31.2 Å². The first-order chi connectivity index (χ1) is 5.74. The molecule has 0 aliphatic heterocycles. The van der Waals surface area contributed by atoms with Gasteiger partial charge in [-0.3, -0.25) is 0 Å². The molecule has 2 saturated carbocycles. The van der Waals surface area contributed by atoms with Gasteiger partial charge in [-0.2, -0.15) is 0 Å². The monoisotopic (exact) mass is 172 g/mol. The molecule has 12 heavy (non-hydrogen) atoms. The van der Waals surface area contributed by atoms with E-state index in [-0.39, 0.29) is 0 Å². The molecule has 3 heteroatoms. The van der Waals surface area contributed by atoms with Gasteiger partial charge in [0.05, 0.1) is 0 Å². The Morgan fingerprint density at radius 1 is 1.25 bits per heavy atom. The topological polar surface area (TPSA) is 38.7 Å². The van der Waals surface area contributed by atoms with Crippen molar-refractivity contribution < 1.29 is 14.6 Å². The van der Waals surface area contributed by atoms with E-state index < -0.39 is 11.9 Å². The van der Waals surface area contributed by atoms with Gasteiger partial charge >= 0.3 is 0 Å². The van der Waals surface area contributed by atoms with Gasteiger partial charge in [0.2, 0.25) is 0 Å². The quantitative estimate of drug-likeness (QED) is 0.625. The lowest BCUT2D eigenvalue weighted by Crippen LogP contribution is -2.50. The molecule has 3 atom stereocenters. The van der Waals surface area contributed by atoms with E-state index in [0.717, 1.165) is 19.3 Å². The molecule has 0 spiro atoms. The summed E-state index contributed by atoms with van der Waals surface area (Å²) in [6, 6.07) is 0. The molecule has 3 nitrogen and oxygen atoms in total. The molecule has 3 unspecified atom stereocenters. The van der Waals surface area contributed by atoms with Crippen molar-refractivity contribution in [3.63, 3.8) is 0 Å². The summed E-state index contributed by atoms with van der Waals surface area (Å²) in [5.74, 6) is 0.102. The van der Waals surface area contributed by atoms with Gasteiger partial charge in [-0.15, -0.1) is 0 Å². The molecule has 0 aromatic carbocycles. The Balaban J connectivity index is 2.24. The van der Waals surface area contributed by atoms with Crippen LogP contribution in [0.3, 0.4) is 0 Å². The van der Waals surface area contributed by atoms with E-state index in [4.69, 9.17) is 9.47 Å². The van der Waals surface area contributed by atoms with Crippen LogP contribution >= 0.6 is 0 Å². The number of hydrogen-bond donors (Lipinski definition) is 1. The Bertz CT molecular complexity index is 173. The SMILES string of the molecule is COC1(OC)C2CCC(C2)C1O. The Kier molecular flexibility index (Phi) is 1.90. The summed E-state index contributed by atoms with van der Waals surface area (Å²) in [5.41, 5.74) is 0. The van der Waals surface area contributed by atoms with Crippen LogP contribution in [-0.2, 0) is 9.47 Å². The van der Waals surface area contributed by atoms with Crippen LogP contribution in [0.2, 0.25) is 0 Å². The lowest BCUT2D eigenvalue weighted by molar-refractivity contribution is -0.280. The fourth-order valence-corrected chi connectivity index (χ4v) is 2.90. The zero-order valence-corrected chi connectivity index (χ0v) is 7.62. The largest absolute Gasteiger partial charge is 0.387 e. The average Bonchev–Trinajstić information content (AvgIpc) is 2.64. The predicted octanol–water partition coefficient (Wildman–Crippen LogP) is 0.766. The van der Waals surface area contributed by atoms with Gasteiger partial charge in [-0.05, 0) is 25.2 Å². The average molecular weight is 172 g/mol. The molecule has 1 N–H and O–H groups in total. The molecular weight excluding hydrogens is 156 g/mol. The Morgan fingerprint density at radius 2 is 1.92 bits per heavy atom. The second kappa shape index (κ2) is 2.69. The van der Waals surface area contributed by atoms with E-state index in [9.17, 15) is 5.11 Å². The maximum atomic E-state index is 9.88. The first kappa shape index (κ1) is 8.48.